The number of rotatable bonds is 5. The number of hydrogen-bond donors (Lipinski definition) is 3. The molecule has 0 saturated carbocycles. The molecule has 3 N–H and O–H groups in total. The Hall–Kier alpha value is -3.82. The van der Waals surface area contributed by atoms with Gasteiger partial charge in [-0.3, -0.25) is 15.1 Å². The predicted octanol–water partition coefficient (Wildman–Crippen LogP) is 3.86. The first-order valence-electron chi connectivity index (χ1n) is 13.6. The number of imidazole rings is 1. The Morgan fingerprint density at radius 1 is 0.974 bits per heavy atom. The van der Waals surface area contributed by atoms with Crippen LogP contribution in [0.4, 0.5) is 5.69 Å². The molecule has 0 aliphatic carbocycles. The smallest absolute Gasteiger partial charge is 0.159 e. The summed E-state index contributed by atoms with van der Waals surface area (Å²) in [5, 5.41) is 12.2. The number of piperidine rings is 1. The van der Waals surface area contributed by atoms with E-state index in [0.717, 1.165) is 90.4 Å². The molecule has 2 aliphatic rings. The fraction of sp³-hybridized carbons (Fsp3) is 0.379. The molecule has 38 heavy (non-hydrogen) atoms. The Balaban J connectivity index is 1.22. The lowest BCUT2D eigenvalue weighted by Gasteiger charge is -2.34. The molecule has 0 spiro atoms. The maximum atomic E-state index is 5.05. The first-order chi connectivity index (χ1) is 18.7. The third-order valence-electron chi connectivity index (χ3n) is 8.08. The molecule has 5 aromatic rings. The quantitative estimate of drug-likeness (QED) is 0.332. The summed E-state index contributed by atoms with van der Waals surface area (Å²) in [6.07, 6.45) is 9.28. The molecule has 2 saturated heterocycles. The lowest BCUT2D eigenvalue weighted by molar-refractivity contribution is 0.313. The van der Waals surface area contributed by atoms with Crippen molar-refractivity contribution in [3.05, 3.63) is 54.5 Å². The van der Waals surface area contributed by atoms with E-state index in [1.54, 1.807) is 0 Å². The van der Waals surface area contributed by atoms with Crippen LogP contribution in [-0.4, -0.2) is 81.3 Å². The van der Waals surface area contributed by atoms with Crippen molar-refractivity contribution in [1.29, 1.82) is 0 Å². The number of nitrogens with zero attached hydrogens (tertiary/aromatic N) is 6. The van der Waals surface area contributed by atoms with Crippen LogP contribution in [0.25, 0.3) is 44.7 Å². The van der Waals surface area contributed by atoms with Gasteiger partial charge in [0, 0.05) is 49.5 Å². The van der Waals surface area contributed by atoms with Gasteiger partial charge in [0.15, 0.2) is 5.82 Å². The summed E-state index contributed by atoms with van der Waals surface area (Å²) in [6, 6.07) is 10.7. The number of benzene rings is 1. The van der Waals surface area contributed by atoms with Gasteiger partial charge in [0.25, 0.3) is 0 Å². The van der Waals surface area contributed by atoms with Crippen LogP contribution in [0.15, 0.2) is 48.9 Å². The average molecular weight is 508 g/mol. The molecule has 2 aliphatic heterocycles. The van der Waals surface area contributed by atoms with Crippen molar-refractivity contribution in [2.24, 2.45) is 5.92 Å². The topological polar surface area (TPSA) is 102 Å². The summed E-state index contributed by atoms with van der Waals surface area (Å²) in [7, 11) is 2.18. The van der Waals surface area contributed by atoms with Crippen LogP contribution < -0.4 is 10.2 Å². The molecule has 1 aromatic carbocycles. The van der Waals surface area contributed by atoms with Crippen LogP contribution in [0.2, 0.25) is 0 Å². The van der Waals surface area contributed by atoms with Crippen LogP contribution in [0, 0.1) is 5.92 Å². The van der Waals surface area contributed by atoms with Gasteiger partial charge in [0.05, 0.1) is 28.6 Å². The first-order valence-corrected chi connectivity index (χ1v) is 13.6. The van der Waals surface area contributed by atoms with Crippen molar-refractivity contribution in [1.82, 2.24) is 40.3 Å². The van der Waals surface area contributed by atoms with E-state index in [9.17, 15) is 0 Å². The molecule has 194 valence electrons. The molecule has 6 heterocycles. The predicted molar refractivity (Wildman–Crippen MR) is 151 cm³/mol. The molecule has 7 rings (SSSR count). The molecule has 2 fully saturated rings. The third kappa shape index (κ3) is 4.41. The second-order valence-corrected chi connectivity index (χ2v) is 10.7. The van der Waals surface area contributed by atoms with E-state index in [4.69, 9.17) is 9.97 Å². The largest absolute Gasteiger partial charge is 0.367 e. The summed E-state index contributed by atoms with van der Waals surface area (Å²) < 4.78 is 0. The van der Waals surface area contributed by atoms with Crippen molar-refractivity contribution < 1.29 is 0 Å². The molecule has 0 radical (unpaired) electrons. The molecule has 9 heteroatoms. The molecule has 9 nitrogen and oxygen atoms in total. The Kier molecular flexibility index (Phi) is 6.02. The minimum atomic E-state index is 0.716. The number of likely N-dealkylation sites (N-methyl/N-ethyl adjacent to an activating group) is 1. The molecule has 0 atom stereocenters. The Labute approximate surface area is 221 Å². The summed E-state index contributed by atoms with van der Waals surface area (Å²) in [5.41, 5.74) is 8.10. The maximum absolute atomic E-state index is 5.05. The number of pyridine rings is 2. The summed E-state index contributed by atoms with van der Waals surface area (Å²) in [5.74, 6) is 1.48. The highest BCUT2D eigenvalue weighted by Crippen LogP contribution is 2.32. The number of piperazine rings is 1. The Morgan fingerprint density at radius 2 is 1.84 bits per heavy atom. The highest BCUT2D eigenvalue weighted by Gasteiger charge is 2.20. The number of anilines is 1. The number of hydrogen-bond acceptors (Lipinski definition) is 7. The van der Waals surface area contributed by atoms with Gasteiger partial charge in [-0.05, 0) is 75.1 Å². The minimum Gasteiger partial charge on any atom is -0.367 e. The normalized spacial score (nSPS) is 17.6. The Morgan fingerprint density at radius 3 is 2.71 bits per heavy atom. The first kappa shape index (κ1) is 23.3. The standard InChI is InChI=1S/C29H33N9/c1-37-9-11-38(12-10-37)26-4-2-3-23-28(26)34-29(33-23)27-22-15-24(32-18-25(22)35-36-27)21-14-20(16-31-17-21)13-19-5-7-30-8-6-19/h2-4,14-19,30H,5-13H2,1H3,(H,33,34)(H,35,36). The van der Waals surface area contributed by atoms with Crippen LogP contribution in [0.3, 0.4) is 0 Å². The number of fused-ring (bicyclic) bond motifs is 2. The van der Waals surface area contributed by atoms with Gasteiger partial charge < -0.3 is 20.1 Å². The fourth-order valence-electron chi connectivity index (χ4n) is 5.85. The molecular weight excluding hydrogens is 474 g/mol. The van der Waals surface area contributed by atoms with Crippen molar-refractivity contribution >= 4 is 27.6 Å². The van der Waals surface area contributed by atoms with Crippen molar-refractivity contribution in [3.8, 4) is 22.8 Å². The third-order valence-corrected chi connectivity index (χ3v) is 8.08. The van der Waals surface area contributed by atoms with E-state index in [1.165, 1.54) is 24.1 Å². The van der Waals surface area contributed by atoms with Crippen molar-refractivity contribution in [2.45, 2.75) is 19.3 Å². The number of aromatic nitrogens is 6. The van der Waals surface area contributed by atoms with Gasteiger partial charge in [-0.1, -0.05) is 6.07 Å². The zero-order valence-corrected chi connectivity index (χ0v) is 21.7. The fourth-order valence-corrected chi connectivity index (χ4v) is 5.85. The van der Waals surface area contributed by atoms with Crippen LogP contribution in [0.5, 0.6) is 0 Å². The van der Waals surface area contributed by atoms with E-state index in [2.05, 4.69) is 72.7 Å². The van der Waals surface area contributed by atoms with Crippen molar-refractivity contribution in [3.63, 3.8) is 0 Å². The van der Waals surface area contributed by atoms with E-state index in [0.29, 0.717) is 5.92 Å². The van der Waals surface area contributed by atoms with E-state index < -0.39 is 0 Å². The molecule has 4 aromatic heterocycles. The van der Waals surface area contributed by atoms with E-state index >= 15 is 0 Å². The lowest BCUT2D eigenvalue weighted by Crippen LogP contribution is -2.44. The van der Waals surface area contributed by atoms with Gasteiger partial charge in [-0.15, -0.1) is 0 Å². The maximum Gasteiger partial charge on any atom is 0.159 e. The second-order valence-electron chi connectivity index (χ2n) is 10.7. The number of aromatic amines is 2. The number of para-hydroxylation sites is 1. The summed E-state index contributed by atoms with van der Waals surface area (Å²) in [6.45, 7) is 6.34. The highest BCUT2D eigenvalue weighted by atomic mass is 15.3. The average Bonchev–Trinajstić information content (AvgIpc) is 3.58. The monoisotopic (exact) mass is 507 g/mol. The number of H-pyrrole nitrogens is 2. The summed E-state index contributed by atoms with van der Waals surface area (Å²) in [4.78, 5) is 22.7. The Bertz CT molecular complexity index is 1570. The molecule has 0 amide bonds. The van der Waals surface area contributed by atoms with Crippen molar-refractivity contribution in [2.75, 3.05) is 51.2 Å². The van der Waals surface area contributed by atoms with Crippen LogP contribution in [-0.2, 0) is 6.42 Å². The zero-order chi connectivity index (χ0) is 25.5. The lowest BCUT2D eigenvalue weighted by atomic mass is 9.91. The van der Waals surface area contributed by atoms with Gasteiger partial charge in [-0.2, -0.15) is 5.10 Å². The number of nitrogens with one attached hydrogen (secondary N) is 3. The van der Waals surface area contributed by atoms with Gasteiger partial charge >= 0.3 is 0 Å². The molecule has 0 bridgehead atoms. The summed E-state index contributed by atoms with van der Waals surface area (Å²) >= 11 is 0. The molecule has 0 unspecified atom stereocenters. The highest BCUT2D eigenvalue weighted by molar-refractivity contribution is 5.96. The van der Waals surface area contributed by atoms with E-state index in [-0.39, 0.29) is 0 Å². The zero-order valence-electron chi connectivity index (χ0n) is 21.7. The van der Waals surface area contributed by atoms with Gasteiger partial charge in [0.2, 0.25) is 0 Å². The van der Waals surface area contributed by atoms with Crippen LogP contribution in [0.1, 0.15) is 18.4 Å². The van der Waals surface area contributed by atoms with Crippen LogP contribution >= 0.6 is 0 Å². The molecular formula is C29H33N9. The van der Waals surface area contributed by atoms with Gasteiger partial charge in [-0.25, -0.2) is 4.98 Å². The van der Waals surface area contributed by atoms with E-state index in [1.807, 2.05) is 18.6 Å². The van der Waals surface area contributed by atoms with Gasteiger partial charge in [0.1, 0.15) is 11.2 Å². The minimum absolute atomic E-state index is 0.716. The second kappa shape index (κ2) is 9.81. The SMILES string of the molecule is CN1CCN(c2cccc3[nH]c(-c4n[nH]c5cnc(-c6cncc(CC7CCNCC7)c6)cc45)nc23)CC1.